The van der Waals surface area contributed by atoms with E-state index in [1.54, 1.807) is 0 Å². The van der Waals surface area contributed by atoms with Crippen molar-refractivity contribution in [2.75, 3.05) is 39.6 Å². The van der Waals surface area contributed by atoms with Crippen LogP contribution >= 0.6 is 0 Å². The van der Waals surface area contributed by atoms with E-state index in [1.807, 2.05) is 13.8 Å². The number of aliphatic hydroxyl groups excluding tert-OH is 2. The highest BCUT2D eigenvalue weighted by Crippen LogP contribution is 2.32. The van der Waals surface area contributed by atoms with Crippen LogP contribution in [0.2, 0.25) is 0 Å². The van der Waals surface area contributed by atoms with Gasteiger partial charge in [-0.15, -0.1) is 0 Å². The summed E-state index contributed by atoms with van der Waals surface area (Å²) < 4.78 is 22.6. The maximum Gasteiger partial charge on any atom is 0.162 e. The Kier molecular flexibility index (Phi) is 5.16. The topological polar surface area (TPSA) is 77.4 Å². The van der Waals surface area contributed by atoms with Gasteiger partial charge in [0, 0.05) is 11.8 Å². The van der Waals surface area contributed by atoms with Crippen molar-refractivity contribution < 1.29 is 29.2 Å². The molecule has 0 aromatic rings. The molecule has 1 spiro atoms. The first-order valence-electron chi connectivity index (χ1n) is 6.78. The molecule has 0 bridgehead atoms. The summed E-state index contributed by atoms with van der Waals surface area (Å²) in [5, 5.41) is 18.2. The van der Waals surface area contributed by atoms with Crippen LogP contribution in [0.1, 0.15) is 13.8 Å². The molecule has 0 radical (unpaired) electrons. The predicted molar refractivity (Wildman–Crippen MR) is 66.3 cm³/mol. The van der Waals surface area contributed by atoms with Crippen LogP contribution in [0.5, 0.6) is 0 Å². The maximum absolute atomic E-state index is 9.08. The Hall–Kier alpha value is -0.240. The zero-order chi connectivity index (χ0) is 13.9. The minimum absolute atomic E-state index is 0.0371. The Morgan fingerprint density at radius 1 is 0.842 bits per heavy atom. The summed E-state index contributed by atoms with van der Waals surface area (Å²) in [4.78, 5) is 0. The summed E-state index contributed by atoms with van der Waals surface area (Å²) in [5.74, 6) is -0.0742. The Bertz CT molecular complexity index is 237. The van der Waals surface area contributed by atoms with Gasteiger partial charge < -0.3 is 29.2 Å². The number of rotatable bonds is 4. The molecule has 2 aliphatic rings. The standard InChI is InChI=1S/C13H24O6/c1-9(3-14)11-16-5-13(6-17-11)7-18-12(19-8-13)10(2)4-15/h9-12,14-15H,3-8H2,1-2H3. The Morgan fingerprint density at radius 3 is 1.42 bits per heavy atom. The largest absolute Gasteiger partial charge is 0.396 e. The van der Waals surface area contributed by atoms with Crippen LogP contribution in [0.3, 0.4) is 0 Å². The number of ether oxygens (including phenoxy) is 4. The highest BCUT2D eigenvalue weighted by molar-refractivity contribution is 4.85. The van der Waals surface area contributed by atoms with E-state index < -0.39 is 0 Å². The van der Waals surface area contributed by atoms with E-state index in [0.717, 1.165) is 0 Å². The van der Waals surface area contributed by atoms with Crippen molar-refractivity contribution >= 4 is 0 Å². The Morgan fingerprint density at radius 2 is 1.16 bits per heavy atom. The molecule has 2 fully saturated rings. The van der Waals surface area contributed by atoms with E-state index in [2.05, 4.69) is 0 Å². The average molecular weight is 276 g/mol. The monoisotopic (exact) mass is 276 g/mol. The van der Waals surface area contributed by atoms with Gasteiger partial charge in [0.1, 0.15) is 0 Å². The first kappa shape index (κ1) is 15.2. The zero-order valence-corrected chi connectivity index (χ0v) is 11.6. The molecule has 112 valence electrons. The molecule has 6 nitrogen and oxygen atoms in total. The van der Waals surface area contributed by atoms with Gasteiger partial charge in [-0.2, -0.15) is 0 Å². The molecule has 0 aromatic heterocycles. The highest BCUT2D eigenvalue weighted by atomic mass is 16.7. The fourth-order valence-electron chi connectivity index (χ4n) is 2.21. The predicted octanol–water partition coefficient (Wildman–Crippen LogP) is -0.0246. The molecule has 0 saturated carbocycles. The fourth-order valence-corrected chi connectivity index (χ4v) is 2.21. The smallest absolute Gasteiger partial charge is 0.162 e. The summed E-state index contributed by atoms with van der Waals surface area (Å²) in [6.45, 7) is 5.86. The molecule has 2 unspecified atom stereocenters. The molecule has 2 aliphatic heterocycles. The van der Waals surface area contributed by atoms with Crippen molar-refractivity contribution in [3.8, 4) is 0 Å². The summed E-state index contributed by atoms with van der Waals surface area (Å²) in [6.07, 6.45) is -0.713. The lowest BCUT2D eigenvalue weighted by Crippen LogP contribution is -2.54. The summed E-state index contributed by atoms with van der Waals surface area (Å²) in [6, 6.07) is 0. The lowest BCUT2D eigenvalue weighted by molar-refractivity contribution is -0.319. The molecule has 2 saturated heterocycles. The van der Waals surface area contributed by atoms with Gasteiger partial charge in [0.15, 0.2) is 12.6 Å². The lowest BCUT2D eigenvalue weighted by Gasteiger charge is -2.45. The van der Waals surface area contributed by atoms with E-state index in [9.17, 15) is 0 Å². The van der Waals surface area contributed by atoms with Gasteiger partial charge in [-0.05, 0) is 0 Å². The van der Waals surface area contributed by atoms with Crippen molar-refractivity contribution in [1.29, 1.82) is 0 Å². The molecular formula is C13H24O6. The van der Waals surface area contributed by atoms with Crippen molar-refractivity contribution in [3.63, 3.8) is 0 Å². The van der Waals surface area contributed by atoms with Crippen LogP contribution in [-0.4, -0.2) is 62.4 Å². The zero-order valence-electron chi connectivity index (χ0n) is 11.6. The van der Waals surface area contributed by atoms with Gasteiger partial charge in [-0.1, -0.05) is 13.8 Å². The number of hydrogen-bond acceptors (Lipinski definition) is 6. The van der Waals surface area contributed by atoms with E-state index in [0.29, 0.717) is 26.4 Å². The molecule has 0 aromatic carbocycles. The second-order valence-electron chi connectivity index (χ2n) is 5.80. The van der Waals surface area contributed by atoms with E-state index in [1.165, 1.54) is 0 Å². The van der Waals surface area contributed by atoms with Crippen molar-refractivity contribution in [3.05, 3.63) is 0 Å². The quantitative estimate of drug-likeness (QED) is 0.751. The summed E-state index contributed by atoms with van der Waals surface area (Å²) in [7, 11) is 0. The van der Waals surface area contributed by atoms with Gasteiger partial charge in [-0.25, -0.2) is 0 Å². The third-order valence-electron chi connectivity index (χ3n) is 3.72. The Labute approximate surface area is 113 Å². The molecular weight excluding hydrogens is 252 g/mol. The van der Waals surface area contributed by atoms with Crippen LogP contribution in [0.15, 0.2) is 0 Å². The first-order valence-corrected chi connectivity index (χ1v) is 6.78. The number of hydrogen-bond donors (Lipinski definition) is 2. The van der Waals surface area contributed by atoms with Crippen molar-refractivity contribution in [2.45, 2.75) is 26.4 Å². The molecule has 2 heterocycles. The molecule has 2 rings (SSSR count). The van der Waals surface area contributed by atoms with E-state index in [-0.39, 0.29) is 43.0 Å². The molecule has 2 atom stereocenters. The van der Waals surface area contributed by atoms with Crippen LogP contribution in [0.4, 0.5) is 0 Å². The molecule has 0 aliphatic carbocycles. The van der Waals surface area contributed by atoms with Crippen LogP contribution in [0.25, 0.3) is 0 Å². The van der Waals surface area contributed by atoms with Gasteiger partial charge in [0.2, 0.25) is 0 Å². The third-order valence-corrected chi connectivity index (χ3v) is 3.72. The summed E-state index contributed by atoms with van der Waals surface area (Å²) >= 11 is 0. The minimum Gasteiger partial charge on any atom is -0.396 e. The normalized spacial score (nSPS) is 39.2. The average Bonchev–Trinajstić information content (AvgIpc) is 2.47. The second kappa shape index (κ2) is 6.47. The third kappa shape index (κ3) is 3.45. The van der Waals surface area contributed by atoms with Gasteiger partial charge in [0.25, 0.3) is 0 Å². The minimum atomic E-state index is -0.357. The van der Waals surface area contributed by atoms with Crippen LogP contribution < -0.4 is 0 Å². The second-order valence-corrected chi connectivity index (χ2v) is 5.80. The molecule has 2 N–H and O–H groups in total. The summed E-state index contributed by atoms with van der Waals surface area (Å²) in [5.41, 5.74) is -0.267. The van der Waals surface area contributed by atoms with Crippen molar-refractivity contribution in [2.24, 2.45) is 17.3 Å². The molecule has 19 heavy (non-hydrogen) atoms. The van der Waals surface area contributed by atoms with Crippen LogP contribution in [0, 0.1) is 17.3 Å². The van der Waals surface area contributed by atoms with Gasteiger partial charge in [-0.3, -0.25) is 0 Å². The fraction of sp³-hybridized carbons (Fsp3) is 1.00. The van der Waals surface area contributed by atoms with Gasteiger partial charge in [0.05, 0.1) is 45.1 Å². The maximum atomic E-state index is 9.08. The van der Waals surface area contributed by atoms with E-state index in [4.69, 9.17) is 29.2 Å². The molecule has 6 heteroatoms. The Balaban J connectivity index is 1.81. The molecule has 0 amide bonds. The number of aliphatic hydroxyl groups is 2. The lowest BCUT2D eigenvalue weighted by atomic mass is 9.90. The van der Waals surface area contributed by atoms with Gasteiger partial charge >= 0.3 is 0 Å². The highest BCUT2D eigenvalue weighted by Gasteiger charge is 2.43. The van der Waals surface area contributed by atoms with E-state index >= 15 is 0 Å². The van der Waals surface area contributed by atoms with Crippen LogP contribution in [-0.2, 0) is 18.9 Å². The van der Waals surface area contributed by atoms with Crippen molar-refractivity contribution in [1.82, 2.24) is 0 Å². The SMILES string of the molecule is CC(CO)C1OCC2(CO1)COC(C(C)CO)OC2. The first-order chi connectivity index (χ1) is 9.10.